The van der Waals surface area contributed by atoms with Gasteiger partial charge in [0.05, 0.1) is 12.6 Å². The van der Waals surface area contributed by atoms with Crippen LogP contribution < -0.4 is 32.7 Å². The van der Waals surface area contributed by atoms with E-state index < -0.39 is 12.1 Å². The van der Waals surface area contributed by atoms with Crippen LogP contribution in [0, 0.1) is 5.92 Å². The molecule has 1 aromatic carbocycles. The summed E-state index contributed by atoms with van der Waals surface area (Å²) in [7, 11) is 1.70. The Bertz CT molecular complexity index is 818. The minimum Gasteiger partial charge on any atom is -0.445 e. The molecule has 0 saturated heterocycles. The third kappa shape index (κ3) is 28.9. The van der Waals surface area contributed by atoms with Gasteiger partial charge in [-0.2, -0.15) is 0 Å². The minimum absolute atomic E-state index is 0.0207. The highest BCUT2D eigenvalue weighted by Gasteiger charge is 2.14. The molecule has 0 aliphatic heterocycles. The van der Waals surface area contributed by atoms with E-state index in [2.05, 4.69) is 39.9 Å². The van der Waals surface area contributed by atoms with Gasteiger partial charge in [0.15, 0.2) is 0 Å². The first kappa shape index (κ1) is 40.8. The van der Waals surface area contributed by atoms with Crippen LogP contribution in [-0.2, 0) is 25.7 Å². The lowest BCUT2D eigenvalue weighted by Gasteiger charge is -2.15. The third-order valence-corrected chi connectivity index (χ3v) is 4.46. The van der Waals surface area contributed by atoms with E-state index in [0.29, 0.717) is 18.7 Å². The molecule has 230 valence electrons. The molecule has 12 nitrogen and oxygen atoms in total. The van der Waals surface area contributed by atoms with Crippen molar-refractivity contribution in [2.75, 3.05) is 25.5 Å². The molecule has 0 radical (unpaired) electrons. The Labute approximate surface area is 239 Å². The number of carbonyl (C=O) groups is 5. The molecular weight excluding hydrogens is 516 g/mol. The lowest BCUT2D eigenvalue weighted by Crippen LogP contribution is -2.39. The molecule has 0 aromatic heterocycles. The summed E-state index contributed by atoms with van der Waals surface area (Å²) in [5.41, 5.74) is 11.1. The van der Waals surface area contributed by atoms with Gasteiger partial charge in [-0.1, -0.05) is 66.5 Å². The number of likely N-dealkylation sites (N-methyl/N-ethyl adjacent to an activating group) is 1. The average Bonchev–Trinajstić information content (AvgIpc) is 2.90. The largest absolute Gasteiger partial charge is 0.445 e. The quantitative estimate of drug-likeness (QED) is 0.196. The number of rotatable bonds is 13. The summed E-state index contributed by atoms with van der Waals surface area (Å²) < 4.78 is 4.63. The number of amides is 5. The van der Waals surface area contributed by atoms with E-state index in [9.17, 15) is 24.0 Å². The summed E-state index contributed by atoms with van der Waals surface area (Å²) in [5.74, 6) is 0.0318. The van der Waals surface area contributed by atoms with Gasteiger partial charge in [0, 0.05) is 18.7 Å². The van der Waals surface area contributed by atoms with E-state index >= 15 is 0 Å². The highest BCUT2D eigenvalue weighted by atomic mass is 16.5. The normalized spacial score (nSPS) is 10.1. The summed E-state index contributed by atoms with van der Waals surface area (Å²) in [6, 6.07) is 6.18. The molecule has 1 rings (SSSR count). The second-order valence-electron chi connectivity index (χ2n) is 8.96. The second-order valence-corrected chi connectivity index (χ2v) is 8.96. The van der Waals surface area contributed by atoms with Crippen molar-refractivity contribution in [1.82, 2.24) is 16.0 Å². The van der Waals surface area contributed by atoms with E-state index in [1.165, 1.54) is 6.42 Å². The fourth-order valence-corrected chi connectivity index (χ4v) is 2.41. The number of urea groups is 1. The third-order valence-electron chi connectivity index (χ3n) is 4.46. The van der Waals surface area contributed by atoms with Crippen LogP contribution in [0.2, 0.25) is 0 Å². The Balaban J connectivity index is -0.000000525. The van der Waals surface area contributed by atoms with Crippen molar-refractivity contribution in [2.24, 2.45) is 17.4 Å². The standard InChI is InChI=1S/C11H15N3O3.C10H19NO2.C4H10N2O.C3H8/c1-13-6-10(15)14-9-4-2-8(3-5-9)7-17-11(12)16;1-4-5-6-10(13)11-9(7-12)8(2)3;1-2-3-6-4(5)7;1-3-2/h2-5,13H,6-7H2,1H3,(H2,12,16)(H,14,15);7-9H,4-6H2,1-3H3,(H,11,13);2-3H2,1H3,(H3,5,6,7);3H2,1-2H3. The van der Waals surface area contributed by atoms with Crippen LogP contribution in [0.1, 0.15) is 79.2 Å². The van der Waals surface area contributed by atoms with Crippen LogP contribution in [0.5, 0.6) is 0 Å². The number of nitrogens with one attached hydrogen (secondary N) is 4. The molecule has 0 fully saturated rings. The molecule has 0 spiro atoms. The topological polar surface area (TPSA) is 195 Å². The number of aldehydes is 1. The van der Waals surface area contributed by atoms with Crippen molar-refractivity contribution in [3.63, 3.8) is 0 Å². The lowest BCUT2D eigenvalue weighted by atomic mass is 10.1. The van der Waals surface area contributed by atoms with Gasteiger partial charge in [-0.25, -0.2) is 9.59 Å². The summed E-state index contributed by atoms with van der Waals surface area (Å²) in [4.78, 5) is 53.3. The molecule has 0 bridgehead atoms. The SMILES string of the molecule is CCC.CCCCC(=O)NC(C=O)C(C)C.CCCNC(N)=O.CNCC(=O)Nc1ccc(COC(N)=O)cc1. The maximum atomic E-state index is 11.3. The molecule has 40 heavy (non-hydrogen) atoms. The predicted octanol–water partition coefficient (Wildman–Crippen LogP) is 3.44. The first-order valence-electron chi connectivity index (χ1n) is 13.6. The number of hydrogen-bond acceptors (Lipinski definition) is 7. The van der Waals surface area contributed by atoms with Crippen LogP contribution in [0.3, 0.4) is 0 Å². The van der Waals surface area contributed by atoms with E-state index in [-0.39, 0.29) is 36.9 Å². The zero-order valence-corrected chi connectivity index (χ0v) is 25.3. The molecular formula is C28H52N6O6. The molecule has 1 unspecified atom stereocenters. The Morgan fingerprint density at radius 2 is 1.52 bits per heavy atom. The van der Waals surface area contributed by atoms with Crippen molar-refractivity contribution in [3.05, 3.63) is 29.8 Å². The van der Waals surface area contributed by atoms with Crippen molar-refractivity contribution < 1.29 is 28.7 Å². The van der Waals surface area contributed by atoms with Gasteiger partial charge in [0.1, 0.15) is 12.9 Å². The first-order chi connectivity index (χ1) is 18.9. The first-order valence-corrected chi connectivity index (χ1v) is 13.6. The molecule has 1 atom stereocenters. The predicted molar refractivity (Wildman–Crippen MR) is 160 cm³/mol. The molecule has 0 heterocycles. The summed E-state index contributed by atoms with van der Waals surface area (Å²) >= 11 is 0. The van der Waals surface area contributed by atoms with Gasteiger partial charge in [-0.15, -0.1) is 0 Å². The number of benzene rings is 1. The van der Waals surface area contributed by atoms with Crippen molar-refractivity contribution >= 4 is 35.9 Å². The fraction of sp³-hybridized carbons (Fsp3) is 0.607. The molecule has 12 heteroatoms. The van der Waals surface area contributed by atoms with E-state index in [1.807, 2.05) is 27.7 Å². The number of ether oxygens (including phenoxy) is 1. The van der Waals surface area contributed by atoms with Crippen LogP contribution in [0.4, 0.5) is 15.3 Å². The molecule has 1 aromatic rings. The molecule has 5 amide bonds. The van der Waals surface area contributed by atoms with E-state index in [0.717, 1.165) is 31.1 Å². The van der Waals surface area contributed by atoms with E-state index in [1.54, 1.807) is 31.3 Å². The smallest absolute Gasteiger partial charge is 0.404 e. The van der Waals surface area contributed by atoms with Gasteiger partial charge in [-0.05, 0) is 43.5 Å². The Hall–Kier alpha value is -3.67. The van der Waals surface area contributed by atoms with Crippen molar-refractivity contribution in [2.45, 2.75) is 86.3 Å². The van der Waals surface area contributed by atoms with Crippen molar-refractivity contribution in [1.29, 1.82) is 0 Å². The van der Waals surface area contributed by atoms with E-state index in [4.69, 9.17) is 11.5 Å². The second kappa shape index (κ2) is 28.3. The van der Waals surface area contributed by atoms with Crippen molar-refractivity contribution in [3.8, 4) is 0 Å². The molecule has 8 N–H and O–H groups in total. The zero-order chi connectivity index (χ0) is 31.3. The summed E-state index contributed by atoms with van der Waals surface area (Å²) in [6.07, 6.45) is 4.58. The van der Waals surface area contributed by atoms with Gasteiger partial charge in [-0.3, -0.25) is 9.59 Å². The number of primary amides is 2. The average molecular weight is 569 g/mol. The van der Waals surface area contributed by atoms with Gasteiger partial charge in [0.25, 0.3) is 0 Å². The highest BCUT2D eigenvalue weighted by Crippen LogP contribution is 2.10. The number of hydrogen-bond donors (Lipinski definition) is 6. The van der Waals surface area contributed by atoms with Crippen LogP contribution in [0.25, 0.3) is 0 Å². The minimum atomic E-state index is -0.809. The summed E-state index contributed by atoms with van der Waals surface area (Å²) in [6.45, 7) is 13.1. The fourth-order valence-electron chi connectivity index (χ4n) is 2.41. The van der Waals surface area contributed by atoms with Crippen LogP contribution in [-0.4, -0.2) is 56.4 Å². The Kier molecular flexibility index (Phi) is 28.9. The zero-order valence-electron chi connectivity index (χ0n) is 25.3. The number of nitrogens with two attached hydrogens (primary N) is 2. The number of carbonyl (C=O) groups excluding carboxylic acids is 5. The maximum Gasteiger partial charge on any atom is 0.404 e. The molecule has 0 aliphatic carbocycles. The Morgan fingerprint density at radius 3 is 1.90 bits per heavy atom. The van der Waals surface area contributed by atoms with Crippen LogP contribution >= 0.6 is 0 Å². The molecule has 0 aliphatic rings. The number of unbranched alkanes of at least 4 members (excludes halogenated alkanes) is 1. The molecule has 0 saturated carbocycles. The van der Waals surface area contributed by atoms with Gasteiger partial charge in [0.2, 0.25) is 11.8 Å². The monoisotopic (exact) mass is 568 g/mol. The van der Waals surface area contributed by atoms with Gasteiger partial charge < -0.3 is 42.3 Å². The summed E-state index contributed by atoms with van der Waals surface area (Å²) in [5, 5.41) is 10.6. The lowest BCUT2D eigenvalue weighted by molar-refractivity contribution is -0.124. The van der Waals surface area contributed by atoms with Gasteiger partial charge >= 0.3 is 12.1 Å². The Morgan fingerprint density at radius 1 is 0.950 bits per heavy atom. The maximum absolute atomic E-state index is 11.3. The number of anilines is 1. The van der Waals surface area contributed by atoms with Crippen LogP contribution in [0.15, 0.2) is 24.3 Å². The highest BCUT2D eigenvalue weighted by molar-refractivity contribution is 5.92.